The van der Waals surface area contributed by atoms with Crippen molar-refractivity contribution < 1.29 is 40.1 Å². The molecule has 0 N–H and O–H groups in total. The Kier molecular flexibility index (Phi) is 4.58. The van der Waals surface area contributed by atoms with Crippen molar-refractivity contribution in [1.29, 1.82) is 5.26 Å². The molecule has 0 saturated heterocycles. The van der Waals surface area contributed by atoms with E-state index >= 15 is 0 Å². The number of Topliss-reactive ketones (excluding diaryl/α,β-unsaturated/α-hetero) is 1. The first-order valence-corrected chi connectivity index (χ1v) is 8.71. The molecule has 0 amide bonds. The third kappa shape index (κ3) is 2.78. The molecule has 1 aliphatic heterocycles. The van der Waals surface area contributed by atoms with E-state index in [1.54, 1.807) is 0 Å². The van der Waals surface area contributed by atoms with Gasteiger partial charge in [0.15, 0.2) is 9.73 Å². The molecule has 0 radical (unpaired) electrons. The zero-order valence-corrected chi connectivity index (χ0v) is 14.1. The predicted octanol–water partition coefficient (Wildman–Crippen LogP) is 4.79. The Labute approximate surface area is 153 Å². The largest absolute Gasteiger partial charge is 0.457 e. The predicted molar refractivity (Wildman–Crippen MR) is 81.6 cm³/mol. The van der Waals surface area contributed by atoms with Crippen LogP contribution in [0.15, 0.2) is 39.6 Å². The molecule has 12 heteroatoms. The minimum atomic E-state index is -4.98. The zero-order chi connectivity index (χ0) is 20.9. The monoisotopic (exact) mass is 420 g/mol. The van der Waals surface area contributed by atoms with E-state index in [9.17, 15) is 35.3 Å². The van der Waals surface area contributed by atoms with Gasteiger partial charge in [0.2, 0.25) is 12.0 Å². The number of nitriles is 1. The van der Waals surface area contributed by atoms with Crippen LogP contribution in [0.3, 0.4) is 0 Å². The number of hydrogen-bond donors (Lipinski definition) is 0. The number of alkyl halides is 4. The van der Waals surface area contributed by atoms with Crippen molar-refractivity contribution in [2.75, 3.05) is 0 Å². The van der Waals surface area contributed by atoms with Gasteiger partial charge in [0.1, 0.15) is 23.1 Å². The molecule has 1 unspecified atom stereocenters. The molecule has 0 spiro atoms. The van der Waals surface area contributed by atoms with Gasteiger partial charge in [0.25, 0.3) is 6.43 Å². The highest BCUT2D eigenvalue weighted by atomic mass is 32.2. The summed E-state index contributed by atoms with van der Waals surface area (Å²) >= 11 is 0. The summed E-state index contributed by atoms with van der Waals surface area (Å²) in [6.45, 7) is 0. The van der Waals surface area contributed by atoms with Crippen LogP contribution in [0.5, 0.6) is 11.5 Å². The van der Waals surface area contributed by atoms with Gasteiger partial charge < -0.3 is 4.74 Å². The average Bonchev–Trinajstić information content (AvgIpc) is 2.72. The minimum Gasteiger partial charge on any atom is -0.457 e. The topological polar surface area (TPSA) is 79.5 Å². The van der Waals surface area contributed by atoms with Crippen LogP contribution < -0.4 is 4.74 Å². The Morgan fingerprint density at radius 2 is 1.75 bits per heavy atom. The van der Waals surface area contributed by atoms with Gasteiger partial charge in [-0.15, -0.1) is 4.36 Å². The minimum absolute atomic E-state index is 0.478. The summed E-state index contributed by atoms with van der Waals surface area (Å²) in [6, 6.07) is 3.04. The molecule has 1 heterocycles. The van der Waals surface area contributed by atoms with E-state index in [1.165, 1.54) is 0 Å². The van der Waals surface area contributed by atoms with E-state index in [-0.39, 0.29) is 0 Å². The summed E-state index contributed by atoms with van der Waals surface area (Å²) in [5, 5.41) is 3.81. The summed E-state index contributed by atoms with van der Waals surface area (Å²) in [5.41, 5.74) is -2.66. The third-order valence-electron chi connectivity index (χ3n) is 3.76. The van der Waals surface area contributed by atoms with E-state index < -0.39 is 66.3 Å². The second-order valence-electron chi connectivity index (χ2n) is 5.42. The van der Waals surface area contributed by atoms with Gasteiger partial charge in [-0.1, -0.05) is 0 Å². The Morgan fingerprint density at radius 1 is 1.14 bits per heavy atom. The number of benzene rings is 2. The van der Waals surface area contributed by atoms with Crippen LogP contribution >= 0.6 is 0 Å². The molecule has 1 atom stereocenters. The number of nitrogens with zero attached hydrogens (tertiary/aromatic N) is 2. The summed E-state index contributed by atoms with van der Waals surface area (Å²) in [6.07, 6.45) is -2.66. The van der Waals surface area contributed by atoms with Gasteiger partial charge in [-0.3, -0.25) is 4.79 Å². The lowest BCUT2D eigenvalue weighted by molar-refractivity contribution is 0.0552. The number of carbonyl (C=O) groups excluding carboxylic acids is 1. The highest BCUT2D eigenvalue weighted by Gasteiger charge is 2.60. The van der Waals surface area contributed by atoms with Crippen molar-refractivity contribution in [3.8, 4) is 17.7 Å². The van der Waals surface area contributed by atoms with Gasteiger partial charge in [-0.05, 0) is 12.1 Å². The molecule has 28 heavy (non-hydrogen) atoms. The van der Waals surface area contributed by atoms with Gasteiger partial charge >= 0.3 is 5.25 Å². The third-order valence-corrected chi connectivity index (χ3v) is 5.91. The van der Waals surface area contributed by atoms with Crippen molar-refractivity contribution in [3.63, 3.8) is 0 Å². The molecule has 1 aliphatic rings. The molecule has 2 aromatic carbocycles. The molecular formula is C16H6F6N2O3S. The van der Waals surface area contributed by atoms with Crippen LogP contribution in [0.1, 0.15) is 22.3 Å². The molecule has 3 rings (SSSR count). The standard InChI is InChI=1S/C16H6F6N2O3S/c17-7-3-8(18)5-9(4-7)27-10-1-2-11-13(12(10)15(19)20)14(25)16(21,22)28(11,26)24-6-23/h1-5,15H. The second-order valence-corrected chi connectivity index (χ2v) is 7.61. The maximum Gasteiger partial charge on any atom is 0.395 e. The maximum absolute atomic E-state index is 14.2. The summed E-state index contributed by atoms with van der Waals surface area (Å²) in [4.78, 5) is 11.0. The van der Waals surface area contributed by atoms with E-state index in [0.29, 0.717) is 30.3 Å². The van der Waals surface area contributed by atoms with Crippen LogP contribution in [-0.2, 0) is 9.73 Å². The summed E-state index contributed by atoms with van der Waals surface area (Å²) in [5.74, 6) is -5.87. The molecule has 0 saturated carbocycles. The number of rotatable bonds is 3. The van der Waals surface area contributed by atoms with Gasteiger partial charge in [0.05, 0.1) is 16.0 Å². The molecule has 0 fully saturated rings. The number of ether oxygens (including phenoxy) is 1. The van der Waals surface area contributed by atoms with Crippen molar-refractivity contribution in [1.82, 2.24) is 0 Å². The van der Waals surface area contributed by atoms with Crippen LogP contribution in [0.4, 0.5) is 26.3 Å². The summed E-state index contributed by atoms with van der Waals surface area (Å²) in [7, 11) is -4.98. The van der Waals surface area contributed by atoms with E-state index in [0.717, 1.165) is 6.19 Å². The van der Waals surface area contributed by atoms with Gasteiger partial charge in [-0.2, -0.15) is 14.0 Å². The van der Waals surface area contributed by atoms with Crippen LogP contribution in [-0.4, -0.2) is 15.2 Å². The number of hydrogen-bond acceptors (Lipinski definition) is 5. The van der Waals surface area contributed by atoms with E-state index in [1.807, 2.05) is 0 Å². The second kappa shape index (κ2) is 6.52. The van der Waals surface area contributed by atoms with E-state index in [2.05, 4.69) is 4.36 Å². The van der Waals surface area contributed by atoms with Crippen molar-refractivity contribution in [2.45, 2.75) is 16.6 Å². The van der Waals surface area contributed by atoms with Crippen molar-refractivity contribution >= 4 is 15.5 Å². The Hall–Kier alpha value is -3.07. The van der Waals surface area contributed by atoms with Crippen molar-refractivity contribution in [2.24, 2.45) is 4.36 Å². The van der Waals surface area contributed by atoms with E-state index in [4.69, 9.17) is 10.00 Å². The molecular weight excluding hydrogens is 414 g/mol. The highest BCUT2D eigenvalue weighted by Crippen LogP contribution is 2.49. The fourth-order valence-corrected chi connectivity index (χ4v) is 4.33. The van der Waals surface area contributed by atoms with Crippen LogP contribution in [0.25, 0.3) is 0 Å². The Morgan fingerprint density at radius 3 is 2.29 bits per heavy atom. The number of halogens is 6. The fourth-order valence-electron chi connectivity index (χ4n) is 2.64. The molecule has 5 nitrogen and oxygen atoms in total. The number of fused-ring (bicyclic) bond motifs is 1. The number of carbonyl (C=O) groups is 1. The Bertz CT molecular complexity index is 1150. The van der Waals surface area contributed by atoms with Crippen LogP contribution in [0.2, 0.25) is 0 Å². The molecule has 2 aromatic rings. The normalized spacial score (nSPS) is 20.0. The first-order chi connectivity index (χ1) is 13.0. The SMILES string of the molecule is N#CN=S1(=O)c2ccc(Oc3cc(F)cc(F)c3)c(C(F)F)c2C(=O)C1(F)F. The lowest BCUT2D eigenvalue weighted by Crippen LogP contribution is -2.30. The maximum atomic E-state index is 14.2. The molecule has 0 aromatic heterocycles. The number of ketones is 1. The van der Waals surface area contributed by atoms with Crippen molar-refractivity contribution in [3.05, 3.63) is 53.1 Å². The van der Waals surface area contributed by atoms with Crippen LogP contribution in [0, 0.1) is 23.1 Å². The van der Waals surface area contributed by atoms with Gasteiger partial charge in [-0.25, -0.2) is 21.8 Å². The average molecular weight is 420 g/mol. The first kappa shape index (κ1) is 19.7. The van der Waals surface area contributed by atoms with Gasteiger partial charge in [0, 0.05) is 18.2 Å². The lowest BCUT2D eigenvalue weighted by atomic mass is 10.0. The smallest absolute Gasteiger partial charge is 0.395 e. The summed E-state index contributed by atoms with van der Waals surface area (Å²) < 4.78 is 102. The lowest BCUT2D eigenvalue weighted by Gasteiger charge is -2.13. The highest BCUT2D eigenvalue weighted by molar-refractivity contribution is 7.96. The molecule has 0 bridgehead atoms. The molecule has 0 aliphatic carbocycles. The fraction of sp³-hybridized carbons (Fsp3) is 0.125. The Balaban J connectivity index is 2.28. The first-order valence-electron chi connectivity index (χ1n) is 7.19. The zero-order valence-electron chi connectivity index (χ0n) is 13.3. The molecule has 146 valence electrons. The quantitative estimate of drug-likeness (QED) is 0.528.